The molecule has 10 aromatic carbocycles. The Bertz CT molecular complexity index is 3450. The lowest BCUT2D eigenvalue weighted by atomic mass is 9.65. The smallest absolute Gasteiger partial charge is 0.132 e. The maximum absolute atomic E-state index is 6.83. The first-order chi connectivity index (χ1) is 29.2. The van der Waals surface area contributed by atoms with Gasteiger partial charge >= 0.3 is 0 Å². The molecule has 0 saturated heterocycles. The zero-order chi connectivity index (χ0) is 38.5. The van der Waals surface area contributed by atoms with Gasteiger partial charge in [0.15, 0.2) is 0 Å². The number of hydrogen-bond donors (Lipinski definition) is 0. The lowest BCUT2D eigenvalue weighted by molar-refractivity contribution is 0.436. The van der Waals surface area contributed by atoms with Crippen molar-refractivity contribution in [3.63, 3.8) is 0 Å². The van der Waals surface area contributed by atoms with Crippen LogP contribution < -0.4 is 4.74 Å². The Morgan fingerprint density at radius 1 is 0.271 bits per heavy atom. The fourth-order valence-electron chi connectivity index (χ4n) is 11.9. The number of rotatable bonds is 1. The first-order valence-electron chi connectivity index (χ1n) is 20.7. The summed E-state index contributed by atoms with van der Waals surface area (Å²) < 4.78 is 6.83. The molecule has 0 N–H and O–H groups in total. The van der Waals surface area contributed by atoms with Gasteiger partial charge in [0.2, 0.25) is 0 Å². The molecule has 1 heterocycles. The Hall–Kier alpha value is -7.48. The lowest BCUT2D eigenvalue weighted by Crippen LogP contribution is -2.32. The molecule has 1 aliphatic heterocycles. The van der Waals surface area contributed by atoms with Crippen LogP contribution in [0.25, 0.3) is 66.1 Å². The van der Waals surface area contributed by atoms with Gasteiger partial charge in [-0.15, -0.1) is 0 Å². The largest absolute Gasteiger partial charge is 0.457 e. The molecule has 59 heavy (non-hydrogen) atoms. The molecule has 0 bridgehead atoms. The summed E-state index contributed by atoms with van der Waals surface area (Å²) in [5.74, 6) is 1.82. The fourth-order valence-corrected chi connectivity index (χ4v) is 11.9. The van der Waals surface area contributed by atoms with Crippen LogP contribution in [0.1, 0.15) is 44.5 Å². The maximum atomic E-state index is 6.83. The van der Waals surface area contributed by atoms with E-state index in [1.807, 2.05) is 0 Å². The standard InChI is InChI=1S/C58H34O/c1-2-15-37-32-52-45(31-36(37)14-1)56-40-16-4-3-13-35(40)26-29-50(56)58(52)48-22-10-7-19-43(48)44-28-25-38(33-51(44)58)39-27-30-55-53(34-39)57(49-23-11-12-24-54(49)59-55)46-20-8-5-17-41(46)42-18-6-9-21-47(42)57/h1-34H. The molecule has 10 aromatic rings. The third-order valence-corrected chi connectivity index (χ3v) is 14.1. The second-order valence-corrected chi connectivity index (χ2v) is 16.7. The van der Waals surface area contributed by atoms with Crippen molar-refractivity contribution in [3.05, 3.63) is 251 Å². The van der Waals surface area contributed by atoms with E-state index in [9.17, 15) is 0 Å². The Morgan fingerprint density at radius 2 is 0.763 bits per heavy atom. The third kappa shape index (κ3) is 3.77. The number of fused-ring (bicyclic) bond motifs is 22. The van der Waals surface area contributed by atoms with Crippen molar-refractivity contribution in [2.75, 3.05) is 0 Å². The van der Waals surface area contributed by atoms with Gasteiger partial charge in [-0.2, -0.15) is 0 Å². The van der Waals surface area contributed by atoms with Crippen molar-refractivity contribution in [1.82, 2.24) is 0 Å². The van der Waals surface area contributed by atoms with Crippen molar-refractivity contribution in [1.29, 1.82) is 0 Å². The van der Waals surface area contributed by atoms with Crippen LogP contribution in [0.15, 0.2) is 206 Å². The number of ether oxygens (including phenoxy) is 1. The van der Waals surface area contributed by atoms with Gasteiger partial charge in [-0.25, -0.2) is 0 Å². The molecule has 0 amide bonds. The van der Waals surface area contributed by atoms with E-state index in [1.54, 1.807) is 0 Å². The van der Waals surface area contributed by atoms with Crippen molar-refractivity contribution < 1.29 is 4.74 Å². The van der Waals surface area contributed by atoms with E-state index in [2.05, 4.69) is 206 Å². The van der Waals surface area contributed by atoms with Gasteiger partial charge in [0.1, 0.15) is 11.5 Å². The molecule has 0 aromatic heterocycles. The van der Waals surface area contributed by atoms with Crippen LogP contribution in [-0.2, 0) is 10.8 Å². The van der Waals surface area contributed by atoms with Gasteiger partial charge in [-0.3, -0.25) is 0 Å². The molecule has 0 fully saturated rings. The molecule has 14 rings (SSSR count). The second-order valence-electron chi connectivity index (χ2n) is 16.7. The monoisotopic (exact) mass is 746 g/mol. The minimum absolute atomic E-state index is 0.485. The van der Waals surface area contributed by atoms with Gasteiger partial charge in [-0.05, 0) is 136 Å². The summed E-state index contributed by atoms with van der Waals surface area (Å²) in [5.41, 5.74) is 19.6. The lowest BCUT2D eigenvalue weighted by Gasteiger charge is -2.39. The topological polar surface area (TPSA) is 9.23 Å². The first kappa shape index (κ1) is 31.6. The van der Waals surface area contributed by atoms with Crippen LogP contribution in [-0.4, -0.2) is 0 Å². The van der Waals surface area contributed by atoms with Crippen LogP contribution in [0.2, 0.25) is 0 Å². The van der Waals surface area contributed by atoms with Crippen molar-refractivity contribution in [2.24, 2.45) is 0 Å². The van der Waals surface area contributed by atoms with Crippen LogP contribution >= 0.6 is 0 Å². The summed E-state index contributed by atoms with van der Waals surface area (Å²) >= 11 is 0. The average molecular weight is 747 g/mol. The van der Waals surface area contributed by atoms with Crippen LogP contribution in [0.4, 0.5) is 0 Å². The molecule has 1 nitrogen and oxygen atoms in total. The van der Waals surface area contributed by atoms with E-state index in [-0.39, 0.29) is 0 Å². The SMILES string of the molecule is c1ccc2c(c1)Oc1ccc(-c3ccc4c(c3)C3(c5ccccc5-4)c4cc5ccccc5cc4-c4c3ccc3ccccc43)cc1C21c2ccccc2-c2ccccc21. The summed E-state index contributed by atoms with van der Waals surface area (Å²) in [7, 11) is 0. The first-order valence-corrected chi connectivity index (χ1v) is 20.7. The van der Waals surface area contributed by atoms with E-state index < -0.39 is 10.8 Å². The Morgan fingerprint density at radius 3 is 1.47 bits per heavy atom. The summed E-state index contributed by atoms with van der Waals surface area (Å²) in [6, 6.07) is 77.3. The van der Waals surface area contributed by atoms with Gasteiger partial charge in [-0.1, -0.05) is 170 Å². The van der Waals surface area contributed by atoms with Crippen LogP contribution in [0.3, 0.4) is 0 Å². The summed E-state index contributed by atoms with van der Waals surface area (Å²) in [4.78, 5) is 0. The molecule has 1 unspecified atom stereocenters. The van der Waals surface area contributed by atoms with E-state index in [0.717, 1.165) is 11.5 Å². The molecule has 1 heteroatoms. The van der Waals surface area contributed by atoms with E-state index in [4.69, 9.17) is 4.74 Å². The van der Waals surface area contributed by atoms with Gasteiger partial charge in [0, 0.05) is 11.1 Å². The minimum atomic E-state index is -0.521. The van der Waals surface area contributed by atoms with Gasteiger partial charge in [0.25, 0.3) is 0 Å². The quantitative estimate of drug-likeness (QED) is 0.163. The van der Waals surface area contributed by atoms with Gasteiger partial charge in [0.05, 0.1) is 10.8 Å². The highest BCUT2D eigenvalue weighted by Crippen LogP contribution is 2.66. The van der Waals surface area contributed by atoms with Crippen LogP contribution in [0, 0.1) is 0 Å². The van der Waals surface area contributed by atoms with Crippen LogP contribution in [0.5, 0.6) is 11.5 Å². The molecule has 0 radical (unpaired) electrons. The maximum Gasteiger partial charge on any atom is 0.132 e. The number of hydrogen-bond acceptors (Lipinski definition) is 1. The van der Waals surface area contributed by atoms with Crippen molar-refractivity contribution in [3.8, 4) is 56.0 Å². The minimum Gasteiger partial charge on any atom is -0.457 e. The summed E-state index contributed by atoms with van der Waals surface area (Å²) in [6.07, 6.45) is 0. The highest BCUT2D eigenvalue weighted by molar-refractivity contribution is 6.08. The normalized spacial score (nSPS) is 16.5. The Labute approximate surface area is 342 Å². The van der Waals surface area contributed by atoms with Crippen molar-refractivity contribution in [2.45, 2.75) is 10.8 Å². The molecule has 1 atom stereocenters. The summed E-state index contributed by atoms with van der Waals surface area (Å²) in [6.45, 7) is 0. The van der Waals surface area contributed by atoms with E-state index in [1.165, 1.54) is 111 Å². The predicted octanol–water partition coefficient (Wildman–Crippen LogP) is 14.5. The molecule has 272 valence electrons. The second kappa shape index (κ2) is 11.1. The van der Waals surface area contributed by atoms with Gasteiger partial charge < -0.3 is 4.74 Å². The molecular weight excluding hydrogens is 713 g/mol. The highest BCUT2D eigenvalue weighted by Gasteiger charge is 2.53. The number of para-hydroxylation sites is 1. The average Bonchev–Trinajstić information content (AvgIpc) is 3.88. The van der Waals surface area contributed by atoms with E-state index >= 15 is 0 Å². The Kier molecular flexibility index (Phi) is 5.96. The zero-order valence-corrected chi connectivity index (χ0v) is 32.0. The summed E-state index contributed by atoms with van der Waals surface area (Å²) in [5, 5.41) is 5.11. The highest BCUT2D eigenvalue weighted by atomic mass is 16.5. The van der Waals surface area contributed by atoms with Crippen molar-refractivity contribution >= 4 is 21.5 Å². The zero-order valence-electron chi connectivity index (χ0n) is 32.0. The molecule has 4 aliphatic rings. The van der Waals surface area contributed by atoms with E-state index in [0.29, 0.717) is 0 Å². The molecule has 3 aliphatic carbocycles. The third-order valence-electron chi connectivity index (χ3n) is 14.1. The predicted molar refractivity (Wildman–Crippen MR) is 241 cm³/mol. The molecular formula is C58H34O. The number of benzene rings is 10. The fraction of sp³-hybridized carbons (Fsp3) is 0.0345. The molecule has 2 spiro atoms. The molecule has 0 saturated carbocycles. The Balaban J connectivity index is 1.05.